The van der Waals surface area contributed by atoms with Crippen molar-refractivity contribution in [3.8, 4) is 0 Å². The van der Waals surface area contributed by atoms with Crippen LogP contribution in [0.2, 0.25) is 0 Å². The summed E-state index contributed by atoms with van der Waals surface area (Å²) in [4.78, 5) is 23.3. The van der Waals surface area contributed by atoms with E-state index in [0.717, 1.165) is 19.3 Å². The fourth-order valence-corrected chi connectivity index (χ4v) is 3.26. The van der Waals surface area contributed by atoms with E-state index in [4.69, 9.17) is 4.74 Å². The first kappa shape index (κ1) is 18.8. The van der Waals surface area contributed by atoms with Crippen LogP contribution in [0.15, 0.2) is 0 Å². The molecule has 1 aliphatic rings. The lowest BCUT2D eigenvalue weighted by Crippen LogP contribution is -2.45. The molecule has 1 rings (SSSR count). The topological polar surface area (TPSA) is 75.6 Å². The molecule has 0 spiro atoms. The summed E-state index contributed by atoms with van der Waals surface area (Å²) in [5.41, 5.74) is 0. The second kappa shape index (κ2) is 8.39. The van der Waals surface area contributed by atoms with Crippen molar-refractivity contribution < 1.29 is 19.4 Å². The Labute approximate surface area is 133 Å². The van der Waals surface area contributed by atoms with Crippen molar-refractivity contribution in [2.45, 2.75) is 72.4 Å². The molecular formula is C17H31NO4. The highest BCUT2D eigenvalue weighted by Crippen LogP contribution is 2.35. The molecule has 0 aromatic rings. The first-order valence-corrected chi connectivity index (χ1v) is 8.40. The lowest BCUT2D eigenvalue weighted by Gasteiger charge is -2.36. The van der Waals surface area contributed by atoms with Gasteiger partial charge in [-0.2, -0.15) is 0 Å². The lowest BCUT2D eigenvalue weighted by molar-refractivity contribution is -0.139. The Morgan fingerprint density at radius 1 is 1.23 bits per heavy atom. The van der Waals surface area contributed by atoms with Crippen LogP contribution in [0.5, 0.6) is 0 Å². The quantitative estimate of drug-likeness (QED) is 0.784. The van der Waals surface area contributed by atoms with Gasteiger partial charge in [0.15, 0.2) is 0 Å². The highest BCUT2D eigenvalue weighted by molar-refractivity contribution is 5.79. The summed E-state index contributed by atoms with van der Waals surface area (Å²) >= 11 is 0. The van der Waals surface area contributed by atoms with Gasteiger partial charge in [-0.3, -0.25) is 0 Å². The van der Waals surface area contributed by atoms with Gasteiger partial charge in [-0.1, -0.05) is 41.0 Å². The van der Waals surface area contributed by atoms with E-state index >= 15 is 0 Å². The zero-order valence-electron chi connectivity index (χ0n) is 14.5. The Morgan fingerprint density at radius 2 is 1.86 bits per heavy atom. The third-order valence-electron chi connectivity index (χ3n) is 4.52. The number of hydrogen-bond donors (Lipinski definition) is 2. The third-order valence-corrected chi connectivity index (χ3v) is 4.52. The lowest BCUT2D eigenvalue weighted by atomic mass is 9.75. The molecule has 2 N–H and O–H groups in total. The van der Waals surface area contributed by atoms with Gasteiger partial charge in [-0.05, 0) is 42.9 Å². The third kappa shape index (κ3) is 5.85. The van der Waals surface area contributed by atoms with Gasteiger partial charge in [-0.15, -0.1) is 0 Å². The SMILES string of the molecule is CC(C)C[C@H](NC(=O)O[C@@H]1C[C@H](C)CC[C@H]1C(C)C)C(=O)O. The van der Waals surface area contributed by atoms with Gasteiger partial charge in [0.1, 0.15) is 12.1 Å². The molecular weight excluding hydrogens is 282 g/mol. The van der Waals surface area contributed by atoms with Gasteiger partial charge < -0.3 is 15.2 Å². The summed E-state index contributed by atoms with van der Waals surface area (Å²) < 4.78 is 5.58. The van der Waals surface area contributed by atoms with Gasteiger partial charge in [0, 0.05) is 0 Å². The predicted molar refractivity (Wildman–Crippen MR) is 85.6 cm³/mol. The largest absolute Gasteiger partial charge is 0.480 e. The molecule has 128 valence electrons. The van der Waals surface area contributed by atoms with E-state index in [0.29, 0.717) is 24.2 Å². The number of carbonyl (C=O) groups excluding carboxylic acids is 1. The highest BCUT2D eigenvalue weighted by atomic mass is 16.6. The van der Waals surface area contributed by atoms with E-state index in [2.05, 4.69) is 26.1 Å². The summed E-state index contributed by atoms with van der Waals surface area (Å²) in [7, 11) is 0. The Hall–Kier alpha value is -1.26. The first-order valence-electron chi connectivity index (χ1n) is 8.40. The number of aliphatic carboxylic acids is 1. The molecule has 1 fully saturated rings. The fourth-order valence-electron chi connectivity index (χ4n) is 3.26. The summed E-state index contributed by atoms with van der Waals surface area (Å²) in [5.74, 6) is 0.535. The highest BCUT2D eigenvalue weighted by Gasteiger charge is 2.34. The van der Waals surface area contributed by atoms with Crippen LogP contribution in [0.1, 0.15) is 60.3 Å². The summed E-state index contributed by atoms with van der Waals surface area (Å²) in [6.45, 7) is 10.3. The molecule has 4 atom stereocenters. The molecule has 0 heterocycles. The number of nitrogens with one attached hydrogen (secondary N) is 1. The smallest absolute Gasteiger partial charge is 0.408 e. The number of amides is 1. The van der Waals surface area contributed by atoms with E-state index < -0.39 is 18.1 Å². The second-order valence-electron chi connectivity index (χ2n) is 7.43. The van der Waals surface area contributed by atoms with E-state index in [1.54, 1.807) is 0 Å². The van der Waals surface area contributed by atoms with Crippen LogP contribution < -0.4 is 5.32 Å². The molecule has 5 nitrogen and oxygen atoms in total. The maximum Gasteiger partial charge on any atom is 0.408 e. The molecule has 22 heavy (non-hydrogen) atoms. The number of hydrogen-bond acceptors (Lipinski definition) is 3. The summed E-state index contributed by atoms with van der Waals surface area (Å²) in [5, 5.41) is 11.7. The molecule has 0 bridgehead atoms. The minimum absolute atomic E-state index is 0.114. The zero-order chi connectivity index (χ0) is 16.9. The van der Waals surface area contributed by atoms with Gasteiger partial charge in [0.05, 0.1) is 0 Å². The van der Waals surface area contributed by atoms with Crippen LogP contribution >= 0.6 is 0 Å². The number of carboxylic acids is 1. The van der Waals surface area contributed by atoms with E-state index in [9.17, 15) is 14.7 Å². The number of ether oxygens (including phenoxy) is 1. The van der Waals surface area contributed by atoms with Gasteiger partial charge in [-0.25, -0.2) is 9.59 Å². The number of carboxylic acid groups (broad SMARTS) is 1. The predicted octanol–water partition coefficient (Wildman–Crippen LogP) is 3.67. The monoisotopic (exact) mass is 313 g/mol. The standard InChI is InChI=1S/C17H31NO4/c1-10(2)8-14(16(19)20)18-17(21)22-15-9-12(5)6-7-13(15)11(3)4/h10-15H,6-9H2,1-5H3,(H,18,21)(H,19,20)/t12-,13+,14+,15-/m1/s1. The van der Waals surface area contributed by atoms with E-state index in [1.165, 1.54) is 0 Å². The Balaban J connectivity index is 2.62. The number of carbonyl (C=O) groups is 2. The Morgan fingerprint density at radius 3 is 2.36 bits per heavy atom. The van der Waals surface area contributed by atoms with Crippen LogP contribution in [0.4, 0.5) is 4.79 Å². The maximum absolute atomic E-state index is 12.1. The van der Waals surface area contributed by atoms with Crippen molar-refractivity contribution in [2.75, 3.05) is 0 Å². The summed E-state index contributed by atoms with van der Waals surface area (Å²) in [6.07, 6.45) is 2.77. The Kier molecular flexibility index (Phi) is 7.17. The number of rotatable bonds is 6. The van der Waals surface area contributed by atoms with Crippen molar-refractivity contribution in [3.63, 3.8) is 0 Å². The molecule has 1 saturated carbocycles. The van der Waals surface area contributed by atoms with Crippen molar-refractivity contribution >= 4 is 12.1 Å². The van der Waals surface area contributed by atoms with Crippen LogP contribution in [0, 0.1) is 23.7 Å². The second-order valence-corrected chi connectivity index (χ2v) is 7.43. The van der Waals surface area contributed by atoms with Crippen LogP contribution in [-0.4, -0.2) is 29.3 Å². The van der Waals surface area contributed by atoms with Crippen LogP contribution in [0.3, 0.4) is 0 Å². The molecule has 1 aliphatic carbocycles. The average Bonchev–Trinajstić information content (AvgIpc) is 2.36. The molecule has 0 aliphatic heterocycles. The molecule has 0 saturated heterocycles. The Bertz CT molecular complexity index is 381. The first-order chi connectivity index (χ1) is 10.2. The minimum Gasteiger partial charge on any atom is -0.480 e. The molecule has 0 aromatic carbocycles. The van der Waals surface area contributed by atoms with Gasteiger partial charge in [0.25, 0.3) is 0 Å². The van der Waals surface area contributed by atoms with Gasteiger partial charge >= 0.3 is 12.1 Å². The van der Waals surface area contributed by atoms with Crippen molar-refractivity contribution in [2.24, 2.45) is 23.7 Å². The normalized spacial score (nSPS) is 26.8. The average molecular weight is 313 g/mol. The van der Waals surface area contributed by atoms with Crippen molar-refractivity contribution in [1.82, 2.24) is 5.32 Å². The molecule has 0 unspecified atom stereocenters. The van der Waals surface area contributed by atoms with E-state index in [-0.39, 0.29) is 12.0 Å². The molecule has 1 amide bonds. The van der Waals surface area contributed by atoms with Gasteiger partial charge in [0.2, 0.25) is 0 Å². The molecule has 5 heteroatoms. The van der Waals surface area contributed by atoms with Crippen molar-refractivity contribution in [1.29, 1.82) is 0 Å². The summed E-state index contributed by atoms with van der Waals surface area (Å²) in [6, 6.07) is -0.883. The number of alkyl carbamates (subject to hydrolysis) is 1. The molecule has 0 aromatic heterocycles. The fraction of sp³-hybridized carbons (Fsp3) is 0.882. The minimum atomic E-state index is -1.01. The van der Waals surface area contributed by atoms with Crippen molar-refractivity contribution in [3.05, 3.63) is 0 Å². The zero-order valence-corrected chi connectivity index (χ0v) is 14.5. The van der Waals surface area contributed by atoms with Crippen LogP contribution in [0.25, 0.3) is 0 Å². The van der Waals surface area contributed by atoms with Crippen LogP contribution in [-0.2, 0) is 9.53 Å². The molecule has 0 radical (unpaired) electrons. The maximum atomic E-state index is 12.1. The van der Waals surface area contributed by atoms with E-state index in [1.807, 2.05) is 13.8 Å².